The molecule has 0 atom stereocenters. The Kier molecular flexibility index (Phi) is 5.06. The van der Waals surface area contributed by atoms with Gasteiger partial charge in [-0.15, -0.1) is 0 Å². The van der Waals surface area contributed by atoms with Gasteiger partial charge < -0.3 is 10.2 Å². The van der Waals surface area contributed by atoms with Crippen LogP contribution >= 0.6 is 0 Å². The molecule has 1 aromatic rings. The molecule has 1 heterocycles. The lowest BCUT2D eigenvalue weighted by Gasteiger charge is -2.26. The van der Waals surface area contributed by atoms with Gasteiger partial charge in [-0.1, -0.05) is 18.6 Å². The fourth-order valence-electron chi connectivity index (χ4n) is 2.65. The minimum Gasteiger partial charge on any atom is -0.385 e. The number of likely N-dealkylation sites (tertiary alicyclic amines) is 1. The van der Waals surface area contributed by atoms with Crippen LogP contribution in [0.2, 0.25) is 0 Å². The summed E-state index contributed by atoms with van der Waals surface area (Å²) in [4.78, 5) is 2.61. The summed E-state index contributed by atoms with van der Waals surface area (Å²) in [6.45, 7) is 9.32. The number of hydrogen-bond acceptors (Lipinski definition) is 2. The minimum absolute atomic E-state index is 1.08. The van der Waals surface area contributed by atoms with Crippen molar-refractivity contribution >= 4 is 5.69 Å². The second-order valence-corrected chi connectivity index (χ2v) is 5.43. The van der Waals surface area contributed by atoms with Crippen molar-refractivity contribution in [3.8, 4) is 0 Å². The van der Waals surface area contributed by atoms with Gasteiger partial charge in [0.25, 0.3) is 0 Å². The largest absolute Gasteiger partial charge is 0.385 e. The zero-order valence-corrected chi connectivity index (χ0v) is 11.8. The maximum atomic E-state index is 3.57. The molecule has 2 nitrogen and oxygen atoms in total. The molecule has 1 aliphatic heterocycles. The molecule has 2 heteroatoms. The van der Waals surface area contributed by atoms with Crippen LogP contribution in [0.5, 0.6) is 0 Å². The molecule has 0 unspecified atom stereocenters. The quantitative estimate of drug-likeness (QED) is 0.799. The molecule has 100 valence electrons. The molecule has 2 rings (SSSR count). The number of benzene rings is 1. The molecule has 1 fully saturated rings. The maximum Gasteiger partial charge on any atom is 0.0372 e. The van der Waals surface area contributed by atoms with Gasteiger partial charge in [0.2, 0.25) is 0 Å². The summed E-state index contributed by atoms with van der Waals surface area (Å²) in [6.07, 6.45) is 5.46. The van der Waals surface area contributed by atoms with Crippen LogP contribution in [-0.4, -0.2) is 31.1 Å². The van der Waals surface area contributed by atoms with Gasteiger partial charge in [-0.25, -0.2) is 0 Å². The first kappa shape index (κ1) is 13.4. The molecule has 1 aromatic carbocycles. The van der Waals surface area contributed by atoms with E-state index in [2.05, 4.69) is 42.3 Å². The molecular weight excluding hydrogens is 220 g/mol. The lowest BCUT2D eigenvalue weighted by Crippen LogP contribution is -2.31. The van der Waals surface area contributed by atoms with Crippen LogP contribution in [0.3, 0.4) is 0 Å². The van der Waals surface area contributed by atoms with Crippen molar-refractivity contribution in [3.63, 3.8) is 0 Å². The fraction of sp³-hybridized carbons (Fsp3) is 0.625. The highest BCUT2D eigenvalue weighted by molar-refractivity contribution is 5.53. The minimum atomic E-state index is 1.08. The summed E-state index contributed by atoms with van der Waals surface area (Å²) >= 11 is 0. The highest BCUT2D eigenvalue weighted by atomic mass is 15.1. The summed E-state index contributed by atoms with van der Waals surface area (Å²) in [5, 5.41) is 3.57. The van der Waals surface area contributed by atoms with Gasteiger partial charge in [0, 0.05) is 12.2 Å². The van der Waals surface area contributed by atoms with Crippen molar-refractivity contribution in [2.45, 2.75) is 39.5 Å². The second kappa shape index (κ2) is 6.79. The molecule has 0 amide bonds. The van der Waals surface area contributed by atoms with Gasteiger partial charge in [-0.2, -0.15) is 0 Å². The van der Waals surface area contributed by atoms with Crippen molar-refractivity contribution in [2.24, 2.45) is 0 Å². The van der Waals surface area contributed by atoms with Crippen LogP contribution in [0.1, 0.15) is 36.8 Å². The first-order chi connectivity index (χ1) is 8.77. The number of rotatable bonds is 5. The summed E-state index contributed by atoms with van der Waals surface area (Å²) in [5.41, 5.74) is 4.06. The highest BCUT2D eigenvalue weighted by Gasteiger charge is 2.08. The number of aryl methyl sites for hydroxylation is 1. The van der Waals surface area contributed by atoms with Crippen LogP contribution < -0.4 is 5.32 Å². The third-order valence-electron chi connectivity index (χ3n) is 4.02. The van der Waals surface area contributed by atoms with Gasteiger partial charge in [-0.3, -0.25) is 0 Å². The molecule has 1 saturated heterocycles. The molecule has 1 N–H and O–H groups in total. The van der Waals surface area contributed by atoms with Crippen molar-refractivity contribution < 1.29 is 0 Å². The molecule has 0 aromatic heterocycles. The molecular formula is C16H26N2. The van der Waals surface area contributed by atoms with Gasteiger partial charge in [0.15, 0.2) is 0 Å². The van der Waals surface area contributed by atoms with Gasteiger partial charge >= 0.3 is 0 Å². The normalized spacial score (nSPS) is 16.8. The Morgan fingerprint density at radius 1 is 1.11 bits per heavy atom. The Labute approximate surface area is 111 Å². The first-order valence-corrected chi connectivity index (χ1v) is 7.30. The lowest BCUT2D eigenvalue weighted by molar-refractivity contribution is 0.228. The topological polar surface area (TPSA) is 15.3 Å². The maximum absolute atomic E-state index is 3.57. The van der Waals surface area contributed by atoms with Crippen molar-refractivity contribution in [3.05, 3.63) is 29.3 Å². The van der Waals surface area contributed by atoms with Crippen molar-refractivity contribution in [1.29, 1.82) is 0 Å². The van der Waals surface area contributed by atoms with Crippen molar-refractivity contribution in [1.82, 2.24) is 4.90 Å². The van der Waals surface area contributed by atoms with Gasteiger partial charge in [-0.05, 0) is 69.9 Å². The second-order valence-electron chi connectivity index (χ2n) is 5.43. The highest BCUT2D eigenvalue weighted by Crippen LogP contribution is 2.17. The van der Waals surface area contributed by atoms with E-state index in [1.165, 1.54) is 62.1 Å². The Morgan fingerprint density at radius 2 is 1.89 bits per heavy atom. The average molecular weight is 246 g/mol. The molecule has 18 heavy (non-hydrogen) atoms. The van der Waals surface area contributed by atoms with E-state index in [9.17, 15) is 0 Å². The van der Waals surface area contributed by atoms with Gasteiger partial charge in [0.1, 0.15) is 0 Å². The zero-order valence-electron chi connectivity index (χ0n) is 11.8. The standard InChI is InChI=1S/C16H26N2/c1-14-8-6-9-16(15(14)2)17-10-7-13-18-11-4-3-5-12-18/h6,8-9,17H,3-5,7,10-13H2,1-2H3. The number of hydrogen-bond donors (Lipinski definition) is 1. The van der Waals surface area contributed by atoms with E-state index >= 15 is 0 Å². The molecule has 0 radical (unpaired) electrons. The fourth-order valence-corrected chi connectivity index (χ4v) is 2.65. The van der Waals surface area contributed by atoms with Crippen molar-refractivity contribution in [2.75, 3.05) is 31.5 Å². The first-order valence-electron chi connectivity index (χ1n) is 7.30. The Bertz CT molecular complexity index is 367. The molecule has 0 saturated carbocycles. The molecule has 0 bridgehead atoms. The number of anilines is 1. The van der Waals surface area contributed by atoms with Crippen LogP contribution in [0.25, 0.3) is 0 Å². The Morgan fingerprint density at radius 3 is 2.67 bits per heavy atom. The average Bonchev–Trinajstić information content (AvgIpc) is 2.40. The van der Waals surface area contributed by atoms with E-state index in [0.717, 1.165) is 6.54 Å². The molecule has 1 aliphatic rings. The van der Waals surface area contributed by atoms with Crippen LogP contribution in [0.15, 0.2) is 18.2 Å². The molecule has 0 aliphatic carbocycles. The lowest BCUT2D eigenvalue weighted by atomic mass is 10.1. The number of piperidine rings is 1. The van der Waals surface area contributed by atoms with E-state index in [1.54, 1.807) is 0 Å². The Balaban J connectivity index is 1.70. The van der Waals surface area contributed by atoms with Crippen LogP contribution in [0, 0.1) is 13.8 Å². The zero-order chi connectivity index (χ0) is 12.8. The predicted molar refractivity (Wildman–Crippen MR) is 79.3 cm³/mol. The smallest absolute Gasteiger partial charge is 0.0372 e. The predicted octanol–water partition coefficient (Wildman–Crippen LogP) is 3.59. The van der Waals surface area contributed by atoms with E-state index in [1.807, 2.05) is 0 Å². The summed E-state index contributed by atoms with van der Waals surface area (Å²) in [6, 6.07) is 6.49. The monoisotopic (exact) mass is 246 g/mol. The van der Waals surface area contributed by atoms with E-state index < -0.39 is 0 Å². The van der Waals surface area contributed by atoms with Crippen LogP contribution in [-0.2, 0) is 0 Å². The van der Waals surface area contributed by atoms with Gasteiger partial charge in [0.05, 0.1) is 0 Å². The van der Waals surface area contributed by atoms with E-state index in [0.29, 0.717) is 0 Å². The third-order valence-corrected chi connectivity index (χ3v) is 4.02. The Hall–Kier alpha value is -1.02. The summed E-state index contributed by atoms with van der Waals surface area (Å²) in [5.74, 6) is 0. The number of nitrogens with zero attached hydrogens (tertiary/aromatic N) is 1. The summed E-state index contributed by atoms with van der Waals surface area (Å²) in [7, 11) is 0. The van der Waals surface area contributed by atoms with E-state index in [-0.39, 0.29) is 0 Å². The van der Waals surface area contributed by atoms with Crippen LogP contribution in [0.4, 0.5) is 5.69 Å². The third kappa shape index (κ3) is 3.74. The van der Waals surface area contributed by atoms with E-state index in [4.69, 9.17) is 0 Å². The molecule has 0 spiro atoms. The number of nitrogens with one attached hydrogen (secondary N) is 1. The summed E-state index contributed by atoms with van der Waals surface area (Å²) < 4.78 is 0. The SMILES string of the molecule is Cc1cccc(NCCCN2CCCCC2)c1C.